The van der Waals surface area contributed by atoms with Crippen molar-refractivity contribution in [3.05, 3.63) is 29.8 Å². The van der Waals surface area contributed by atoms with Crippen molar-refractivity contribution in [3.8, 4) is 0 Å². The minimum absolute atomic E-state index is 0.0181. The summed E-state index contributed by atoms with van der Waals surface area (Å²) in [5.41, 5.74) is 2.05. The fourth-order valence-corrected chi connectivity index (χ4v) is 3.18. The van der Waals surface area contributed by atoms with E-state index >= 15 is 0 Å². The van der Waals surface area contributed by atoms with Crippen LogP contribution in [-0.4, -0.2) is 38.0 Å². The van der Waals surface area contributed by atoms with E-state index in [1.165, 1.54) is 7.11 Å². The number of benzene rings is 1. The van der Waals surface area contributed by atoms with Crippen LogP contribution < -0.4 is 10.2 Å². The summed E-state index contributed by atoms with van der Waals surface area (Å²) in [6.07, 6.45) is 2.01. The summed E-state index contributed by atoms with van der Waals surface area (Å²) in [6.45, 7) is 5.07. The van der Waals surface area contributed by atoms with Gasteiger partial charge in [-0.2, -0.15) is 0 Å². The maximum Gasteiger partial charge on any atom is 0.305 e. The molecular formula is C20H28N2O4. The second-order valence-electron chi connectivity index (χ2n) is 6.74. The van der Waals surface area contributed by atoms with Gasteiger partial charge in [-0.1, -0.05) is 32.0 Å². The third-order valence-electron chi connectivity index (χ3n) is 4.95. The molecule has 2 rings (SSSR count). The summed E-state index contributed by atoms with van der Waals surface area (Å²) in [6, 6.07) is 7.92. The highest BCUT2D eigenvalue weighted by atomic mass is 16.5. The molecule has 142 valence electrons. The molecule has 0 saturated carbocycles. The molecule has 2 atom stereocenters. The standard InChI is InChI=1S/C20H28N2O4/c1-4-14(2)16-8-5-6-9-17(16)22-13-15(12-18(22)23)20(25)21-11-7-10-19(24)26-3/h5-6,8-9,14-15H,4,7,10-13H2,1-3H3,(H,21,25)/t14-,15-/m0/s1. The molecule has 6 nitrogen and oxygen atoms in total. The smallest absolute Gasteiger partial charge is 0.305 e. The van der Waals surface area contributed by atoms with Gasteiger partial charge >= 0.3 is 5.97 Å². The largest absolute Gasteiger partial charge is 0.469 e. The molecule has 26 heavy (non-hydrogen) atoms. The Labute approximate surface area is 154 Å². The monoisotopic (exact) mass is 360 g/mol. The van der Waals surface area contributed by atoms with Gasteiger partial charge < -0.3 is 15.0 Å². The van der Waals surface area contributed by atoms with Crippen molar-refractivity contribution in [2.75, 3.05) is 25.1 Å². The van der Waals surface area contributed by atoms with E-state index in [4.69, 9.17) is 0 Å². The minimum atomic E-state index is -0.356. The Kier molecular flexibility index (Phi) is 7.18. The highest BCUT2D eigenvalue weighted by molar-refractivity contribution is 6.00. The number of hydrogen-bond acceptors (Lipinski definition) is 4. The zero-order chi connectivity index (χ0) is 19.1. The van der Waals surface area contributed by atoms with Gasteiger partial charge in [-0.3, -0.25) is 14.4 Å². The number of rotatable bonds is 8. The normalized spacial score (nSPS) is 17.9. The van der Waals surface area contributed by atoms with Crippen LogP contribution in [0.25, 0.3) is 0 Å². The molecule has 6 heteroatoms. The van der Waals surface area contributed by atoms with Gasteiger partial charge in [-0.15, -0.1) is 0 Å². The lowest BCUT2D eigenvalue weighted by molar-refractivity contribution is -0.140. The Morgan fingerprint density at radius 2 is 2.08 bits per heavy atom. The predicted octanol–water partition coefficient (Wildman–Crippen LogP) is 2.62. The van der Waals surface area contributed by atoms with Gasteiger partial charge in [0.25, 0.3) is 0 Å². The van der Waals surface area contributed by atoms with E-state index in [1.807, 2.05) is 18.2 Å². The lowest BCUT2D eigenvalue weighted by Crippen LogP contribution is -2.34. The molecule has 1 aliphatic heterocycles. The number of para-hydroxylation sites is 1. The van der Waals surface area contributed by atoms with Crippen molar-refractivity contribution in [1.29, 1.82) is 0 Å². The van der Waals surface area contributed by atoms with Crippen molar-refractivity contribution < 1.29 is 19.1 Å². The first kappa shape index (κ1) is 19.9. The van der Waals surface area contributed by atoms with Gasteiger partial charge in [-0.25, -0.2) is 0 Å². The van der Waals surface area contributed by atoms with Crippen LogP contribution in [0.5, 0.6) is 0 Å². The van der Waals surface area contributed by atoms with E-state index in [0.29, 0.717) is 25.4 Å². The van der Waals surface area contributed by atoms with Crippen LogP contribution in [0.1, 0.15) is 51.0 Å². The third-order valence-corrected chi connectivity index (χ3v) is 4.95. The number of carbonyl (C=O) groups is 3. The molecule has 0 aliphatic carbocycles. The van der Waals surface area contributed by atoms with E-state index in [2.05, 4.69) is 30.0 Å². The first-order chi connectivity index (χ1) is 12.5. The second-order valence-corrected chi connectivity index (χ2v) is 6.74. The van der Waals surface area contributed by atoms with Crippen molar-refractivity contribution in [1.82, 2.24) is 5.32 Å². The molecule has 0 aromatic heterocycles. The van der Waals surface area contributed by atoms with Crippen LogP contribution in [0, 0.1) is 5.92 Å². The zero-order valence-electron chi connectivity index (χ0n) is 15.8. The number of methoxy groups -OCH3 is 1. The molecule has 2 amide bonds. The number of hydrogen-bond donors (Lipinski definition) is 1. The molecule has 0 spiro atoms. The summed E-state index contributed by atoms with van der Waals surface area (Å²) in [5, 5.41) is 2.82. The molecular weight excluding hydrogens is 332 g/mol. The second kappa shape index (κ2) is 9.36. The van der Waals surface area contributed by atoms with Crippen LogP contribution in [-0.2, 0) is 19.1 Å². The fourth-order valence-electron chi connectivity index (χ4n) is 3.18. The van der Waals surface area contributed by atoms with Gasteiger partial charge in [0.15, 0.2) is 0 Å². The van der Waals surface area contributed by atoms with Crippen molar-refractivity contribution in [2.24, 2.45) is 5.92 Å². The molecule has 1 saturated heterocycles. The highest BCUT2D eigenvalue weighted by Gasteiger charge is 2.36. The lowest BCUT2D eigenvalue weighted by atomic mass is 9.96. The average Bonchev–Trinajstić information content (AvgIpc) is 3.05. The first-order valence-corrected chi connectivity index (χ1v) is 9.21. The summed E-state index contributed by atoms with van der Waals surface area (Å²) >= 11 is 0. The average molecular weight is 360 g/mol. The van der Waals surface area contributed by atoms with E-state index in [1.54, 1.807) is 4.90 Å². The summed E-state index contributed by atoms with van der Waals surface area (Å²) < 4.78 is 4.57. The molecule has 1 aliphatic rings. The molecule has 1 heterocycles. The molecule has 1 N–H and O–H groups in total. The molecule has 0 radical (unpaired) electrons. The van der Waals surface area contributed by atoms with E-state index in [0.717, 1.165) is 17.7 Å². The van der Waals surface area contributed by atoms with Gasteiger partial charge in [0.2, 0.25) is 11.8 Å². The number of nitrogens with one attached hydrogen (secondary N) is 1. The van der Waals surface area contributed by atoms with Gasteiger partial charge in [0, 0.05) is 31.6 Å². The number of esters is 1. The molecule has 1 aromatic rings. The van der Waals surface area contributed by atoms with Crippen LogP contribution in [0.15, 0.2) is 24.3 Å². The van der Waals surface area contributed by atoms with Gasteiger partial charge in [-0.05, 0) is 30.4 Å². The van der Waals surface area contributed by atoms with E-state index in [-0.39, 0.29) is 36.5 Å². The maximum absolute atomic E-state index is 12.5. The first-order valence-electron chi connectivity index (χ1n) is 9.21. The van der Waals surface area contributed by atoms with Crippen LogP contribution >= 0.6 is 0 Å². The quantitative estimate of drug-likeness (QED) is 0.571. The summed E-state index contributed by atoms with van der Waals surface area (Å²) in [7, 11) is 1.34. The van der Waals surface area contributed by atoms with Gasteiger partial charge in [0.1, 0.15) is 0 Å². The maximum atomic E-state index is 12.5. The zero-order valence-corrected chi connectivity index (χ0v) is 15.8. The molecule has 0 bridgehead atoms. The molecule has 0 unspecified atom stereocenters. The molecule has 1 fully saturated rings. The predicted molar refractivity (Wildman–Crippen MR) is 99.9 cm³/mol. The summed E-state index contributed by atoms with van der Waals surface area (Å²) in [5.74, 6) is -0.443. The molecule has 1 aromatic carbocycles. The SMILES string of the molecule is CC[C@H](C)c1ccccc1N1C[C@@H](C(=O)NCCCC(=O)OC)CC1=O. The number of anilines is 1. The fraction of sp³-hybridized carbons (Fsp3) is 0.550. The number of carbonyl (C=O) groups excluding carboxylic acids is 3. The van der Waals surface area contributed by atoms with Crippen molar-refractivity contribution in [2.45, 2.75) is 45.4 Å². The number of nitrogens with zero attached hydrogens (tertiary/aromatic N) is 1. The Morgan fingerprint density at radius 3 is 2.77 bits per heavy atom. The lowest BCUT2D eigenvalue weighted by Gasteiger charge is -2.23. The van der Waals surface area contributed by atoms with Crippen LogP contribution in [0.2, 0.25) is 0 Å². The Bertz CT molecular complexity index is 659. The number of ether oxygens (including phenoxy) is 1. The minimum Gasteiger partial charge on any atom is -0.469 e. The van der Waals surface area contributed by atoms with E-state index < -0.39 is 0 Å². The summed E-state index contributed by atoms with van der Waals surface area (Å²) in [4.78, 5) is 37.7. The topological polar surface area (TPSA) is 75.7 Å². The van der Waals surface area contributed by atoms with Crippen LogP contribution in [0.4, 0.5) is 5.69 Å². The number of amides is 2. The van der Waals surface area contributed by atoms with Gasteiger partial charge in [0.05, 0.1) is 13.0 Å². The third kappa shape index (κ3) is 4.84. The van der Waals surface area contributed by atoms with Crippen molar-refractivity contribution >= 4 is 23.5 Å². The Morgan fingerprint density at radius 1 is 1.35 bits per heavy atom. The van der Waals surface area contributed by atoms with E-state index in [9.17, 15) is 14.4 Å². The Hall–Kier alpha value is -2.37. The van der Waals surface area contributed by atoms with Crippen LogP contribution in [0.3, 0.4) is 0 Å². The van der Waals surface area contributed by atoms with Crippen molar-refractivity contribution in [3.63, 3.8) is 0 Å². The Balaban J connectivity index is 1.96. The highest BCUT2D eigenvalue weighted by Crippen LogP contribution is 2.33.